The second kappa shape index (κ2) is 4.28. The van der Waals surface area contributed by atoms with Crippen molar-refractivity contribution in [1.82, 2.24) is 4.98 Å². The van der Waals surface area contributed by atoms with Crippen molar-refractivity contribution in [2.45, 2.75) is 25.9 Å². The molecule has 1 aromatic heterocycles. The van der Waals surface area contributed by atoms with Gasteiger partial charge in [-0.2, -0.15) is 0 Å². The SMILES string of the molecule is CC(C)(O)CCOc1ccc(O)cn1. The Hall–Kier alpha value is -1.29. The van der Waals surface area contributed by atoms with E-state index in [2.05, 4.69) is 4.98 Å². The highest BCUT2D eigenvalue weighted by molar-refractivity contribution is 5.21. The zero-order valence-electron chi connectivity index (χ0n) is 8.40. The molecule has 14 heavy (non-hydrogen) atoms. The van der Waals surface area contributed by atoms with Gasteiger partial charge in [0.15, 0.2) is 0 Å². The first kappa shape index (κ1) is 10.8. The molecular formula is C10H15NO3. The van der Waals surface area contributed by atoms with Crippen molar-refractivity contribution in [1.29, 1.82) is 0 Å². The van der Waals surface area contributed by atoms with Crippen LogP contribution in [0.25, 0.3) is 0 Å². The van der Waals surface area contributed by atoms with Gasteiger partial charge in [0, 0.05) is 12.5 Å². The zero-order chi connectivity index (χ0) is 10.6. The van der Waals surface area contributed by atoms with Crippen molar-refractivity contribution in [2.24, 2.45) is 0 Å². The van der Waals surface area contributed by atoms with Gasteiger partial charge >= 0.3 is 0 Å². The molecule has 0 saturated heterocycles. The van der Waals surface area contributed by atoms with Crippen LogP contribution in [0, 0.1) is 0 Å². The van der Waals surface area contributed by atoms with Crippen molar-refractivity contribution in [2.75, 3.05) is 6.61 Å². The molecule has 0 aliphatic rings. The lowest BCUT2D eigenvalue weighted by Crippen LogP contribution is -2.21. The Bertz CT molecular complexity index is 276. The highest BCUT2D eigenvalue weighted by Crippen LogP contribution is 2.13. The Balaban J connectivity index is 2.35. The number of hydrogen-bond donors (Lipinski definition) is 2. The number of rotatable bonds is 4. The van der Waals surface area contributed by atoms with Gasteiger partial charge in [0.2, 0.25) is 5.88 Å². The van der Waals surface area contributed by atoms with Gasteiger partial charge in [-0.15, -0.1) is 0 Å². The summed E-state index contributed by atoms with van der Waals surface area (Å²) in [4.78, 5) is 3.84. The fraction of sp³-hybridized carbons (Fsp3) is 0.500. The Labute approximate surface area is 83.2 Å². The van der Waals surface area contributed by atoms with Gasteiger partial charge in [-0.05, 0) is 19.9 Å². The fourth-order valence-electron chi connectivity index (χ4n) is 0.863. The monoisotopic (exact) mass is 197 g/mol. The molecule has 1 rings (SSSR count). The van der Waals surface area contributed by atoms with E-state index >= 15 is 0 Å². The molecule has 78 valence electrons. The lowest BCUT2D eigenvalue weighted by Gasteiger charge is -2.16. The van der Waals surface area contributed by atoms with Crippen molar-refractivity contribution in [3.8, 4) is 11.6 Å². The Morgan fingerprint density at radius 3 is 2.64 bits per heavy atom. The topological polar surface area (TPSA) is 62.6 Å². The number of ether oxygens (including phenoxy) is 1. The maximum Gasteiger partial charge on any atom is 0.213 e. The van der Waals surface area contributed by atoms with Gasteiger partial charge in [0.1, 0.15) is 5.75 Å². The molecule has 4 nitrogen and oxygen atoms in total. The van der Waals surface area contributed by atoms with E-state index in [-0.39, 0.29) is 5.75 Å². The molecule has 0 bridgehead atoms. The summed E-state index contributed by atoms with van der Waals surface area (Å²) in [5.74, 6) is 0.562. The van der Waals surface area contributed by atoms with Crippen LogP contribution in [0.2, 0.25) is 0 Å². The number of pyridine rings is 1. The van der Waals surface area contributed by atoms with Crippen LogP contribution in [-0.4, -0.2) is 27.4 Å². The molecule has 0 aromatic carbocycles. The Morgan fingerprint density at radius 1 is 1.43 bits per heavy atom. The normalized spacial score (nSPS) is 11.4. The Kier molecular flexibility index (Phi) is 3.30. The van der Waals surface area contributed by atoms with Crippen LogP contribution < -0.4 is 4.74 Å². The third kappa shape index (κ3) is 4.09. The minimum Gasteiger partial charge on any atom is -0.506 e. The maximum atomic E-state index is 9.40. The van der Waals surface area contributed by atoms with Gasteiger partial charge in [-0.3, -0.25) is 0 Å². The van der Waals surface area contributed by atoms with Gasteiger partial charge in [-0.25, -0.2) is 4.98 Å². The predicted molar refractivity (Wildman–Crippen MR) is 52.3 cm³/mol. The van der Waals surface area contributed by atoms with Crippen LogP contribution in [0.15, 0.2) is 18.3 Å². The van der Waals surface area contributed by atoms with E-state index in [0.717, 1.165) is 0 Å². The van der Waals surface area contributed by atoms with Gasteiger partial charge in [0.05, 0.1) is 18.4 Å². The summed E-state index contributed by atoms with van der Waals surface area (Å²) in [6, 6.07) is 3.09. The quantitative estimate of drug-likeness (QED) is 0.764. The molecule has 0 amide bonds. The minimum absolute atomic E-state index is 0.111. The summed E-state index contributed by atoms with van der Waals surface area (Å²) < 4.78 is 5.25. The molecule has 0 fully saturated rings. The lowest BCUT2D eigenvalue weighted by atomic mass is 10.1. The van der Waals surface area contributed by atoms with Crippen LogP contribution in [0.5, 0.6) is 11.6 Å². The number of aromatic nitrogens is 1. The van der Waals surface area contributed by atoms with Crippen molar-refractivity contribution in [3.63, 3.8) is 0 Å². The maximum absolute atomic E-state index is 9.40. The average Bonchev–Trinajstić information content (AvgIpc) is 2.06. The zero-order valence-corrected chi connectivity index (χ0v) is 8.40. The molecule has 0 aliphatic carbocycles. The van der Waals surface area contributed by atoms with E-state index in [9.17, 15) is 5.11 Å². The molecule has 0 saturated carbocycles. The molecule has 1 aromatic rings. The molecule has 0 atom stereocenters. The van der Waals surface area contributed by atoms with Crippen LogP contribution in [0.3, 0.4) is 0 Å². The average molecular weight is 197 g/mol. The second-order valence-corrected chi connectivity index (χ2v) is 3.77. The van der Waals surface area contributed by atoms with E-state index < -0.39 is 5.60 Å². The first-order chi connectivity index (χ1) is 6.47. The molecule has 0 radical (unpaired) electrons. The van der Waals surface area contributed by atoms with Crippen LogP contribution in [-0.2, 0) is 0 Å². The molecular weight excluding hydrogens is 182 g/mol. The molecule has 0 aliphatic heterocycles. The predicted octanol–water partition coefficient (Wildman–Crippen LogP) is 1.33. The first-order valence-electron chi connectivity index (χ1n) is 4.47. The standard InChI is InChI=1S/C10H15NO3/c1-10(2,13)5-6-14-9-4-3-8(12)7-11-9/h3-4,7,12-13H,5-6H2,1-2H3. The summed E-state index contributed by atoms with van der Waals surface area (Å²) in [6.07, 6.45) is 1.86. The summed E-state index contributed by atoms with van der Waals surface area (Å²) in [7, 11) is 0. The molecule has 2 N–H and O–H groups in total. The van der Waals surface area contributed by atoms with E-state index in [0.29, 0.717) is 18.9 Å². The van der Waals surface area contributed by atoms with Crippen LogP contribution >= 0.6 is 0 Å². The number of aromatic hydroxyl groups is 1. The largest absolute Gasteiger partial charge is 0.506 e. The van der Waals surface area contributed by atoms with Crippen molar-refractivity contribution < 1.29 is 14.9 Å². The summed E-state index contributed by atoms with van der Waals surface area (Å²) in [6.45, 7) is 3.85. The second-order valence-electron chi connectivity index (χ2n) is 3.77. The summed E-state index contributed by atoms with van der Waals surface area (Å²) >= 11 is 0. The van der Waals surface area contributed by atoms with Gasteiger partial charge in [-0.1, -0.05) is 0 Å². The van der Waals surface area contributed by atoms with Gasteiger partial charge < -0.3 is 14.9 Å². The van der Waals surface area contributed by atoms with Crippen molar-refractivity contribution in [3.05, 3.63) is 18.3 Å². The molecule has 4 heteroatoms. The van der Waals surface area contributed by atoms with Crippen LogP contribution in [0.1, 0.15) is 20.3 Å². The third-order valence-corrected chi connectivity index (χ3v) is 1.68. The highest BCUT2D eigenvalue weighted by Gasteiger charge is 2.12. The molecule has 1 heterocycles. The first-order valence-corrected chi connectivity index (χ1v) is 4.47. The number of hydrogen-bond acceptors (Lipinski definition) is 4. The smallest absolute Gasteiger partial charge is 0.213 e. The van der Waals surface area contributed by atoms with E-state index in [4.69, 9.17) is 9.84 Å². The number of aliphatic hydroxyl groups is 1. The molecule has 0 unspecified atom stereocenters. The highest BCUT2D eigenvalue weighted by atomic mass is 16.5. The minimum atomic E-state index is -0.725. The van der Waals surface area contributed by atoms with Crippen molar-refractivity contribution >= 4 is 0 Å². The number of nitrogens with zero attached hydrogens (tertiary/aromatic N) is 1. The van der Waals surface area contributed by atoms with E-state index in [1.165, 1.54) is 12.3 Å². The Morgan fingerprint density at radius 2 is 2.14 bits per heavy atom. The van der Waals surface area contributed by atoms with Gasteiger partial charge in [0.25, 0.3) is 0 Å². The lowest BCUT2D eigenvalue weighted by molar-refractivity contribution is 0.0546. The molecule has 0 spiro atoms. The van der Waals surface area contributed by atoms with Crippen LogP contribution in [0.4, 0.5) is 0 Å². The fourth-order valence-corrected chi connectivity index (χ4v) is 0.863. The van der Waals surface area contributed by atoms with E-state index in [1.807, 2.05) is 0 Å². The third-order valence-electron chi connectivity index (χ3n) is 1.68. The summed E-state index contributed by atoms with van der Waals surface area (Å²) in [5.41, 5.74) is -0.725. The summed E-state index contributed by atoms with van der Waals surface area (Å²) in [5, 5.41) is 18.4. The van der Waals surface area contributed by atoms with E-state index in [1.54, 1.807) is 19.9 Å².